The molecule has 1 saturated heterocycles. The molecule has 1 aliphatic heterocycles. The Hall–Kier alpha value is -2.09. The summed E-state index contributed by atoms with van der Waals surface area (Å²) in [6.45, 7) is 1.57. The maximum Gasteiger partial charge on any atom is 0.416 e. The average molecular weight is 312 g/mol. The molecule has 3 N–H and O–H groups in total. The highest BCUT2D eigenvalue weighted by atomic mass is 19.4. The summed E-state index contributed by atoms with van der Waals surface area (Å²) < 4.78 is 38.0. The van der Waals surface area contributed by atoms with Crippen LogP contribution in [-0.4, -0.2) is 29.0 Å². The standard InChI is InChI=1S/C14H15F3N4O/c15-14(16,17)9-1-2-10-11(7-9)20-13(19-10)21-12(22)8-3-5-18-6-4-8/h1-2,7-8,18H,3-6H2,(H2,19,20,21,22). The smallest absolute Gasteiger partial charge is 0.324 e. The number of piperidine rings is 1. The van der Waals surface area contributed by atoms with Crippen LogP contribution in [0, 0.1) is 5.92 Å². The Morgan fingerprint density at radius 2 is 2.00 bits per heavy atom. The number of hydrogen-bond acceptors (Lipinski definition) is 3. The molecular formula is C14H15F3N4O. The van der Waals surface area contributed by atoms with Crippen LogP contribution in [0.3, 0.4) is 0 Å². The molecular weight excluding hydrogens is 297 g/mol. The number of carbonyl (C=O) groups is 1. The van der Waals surface area contributed by atoms with Gasteiger partial charge >= 0.3 is 6.18 Å². The molecule has 1 amide bonds. The van der Waals surface area contributed by atoms with E-state index in [2.05, 4.69) is 20.6 Å². The van der Waals surface area contributed by atoms with Crippen molar-refractivity contribution in [1.29, 1.82) is 0 Å². The lowest BCUT2D eigenvalue weighted by Crippen LogP contribution is -2.34. The fourth-order valence-electron chi connectivity index (χ4n) is 2.55. The molecule has 5 nitrogen and oxygen atoms in total. The number of halogens is 3. The predicted molar refractivity (Wildman–Crippen MR) is 75.3 cm³/mol. The highest BCUT2D eigenvalue weighted by Gasteiger charge is 2.30. The Morgan fingerprint density at radius 1 is 1.27 bits per heavy atom. The number of hydrogen-bond donors (Lipinski definition) is 3. The van der Waals surface area contributed by atoms with Crippen LogP contribution >= 0.6 is 0 Å². The quantitative estimate of drug-likeness (QED) is 0.798. The Bertz CT molecular complexity index is 689. The van der Waals surface area contributed by atoms with E-state index in [1.54, 1.807) is 0 Å². The molecule has 1 aliphatic rings. The van der Waals surface area contributed by atoms with Crippen molar-refractivity contribution in [3.05, 3.63) is 23.8 Å². The average Bonchev–Trinajstić information content (AvgIpc) is 2.88. The van der Waals surface area contributed by atoms with Gasteiger partial charge in [-0.25, -0.2) is 4.98 Å². The molecule has 1 aromatic carbocycles. The first-order valence-electron chi connectivity index (χ1n) is 7.02. The maximum atomic E-state index is 12.7. The van der Waals surface area contributed by atoms with Crippen LogP contribution in [0.4, 0.5) is 19.1 Å². The largest absolute Gasteiger partial charge is 0.416 e. The third kappa shape index (κ3) is 3.06. The number of fused-ring (bicyclic) bond motifs is 1. The van der Waals surface area contributed by atoms with E-state index in [1.165, 1.54) is 6.07 Å². The lowest BCUT2D eigenvalue weighted by Gasteiger charge is -2.20. The topological polar surface area (TPSA) is 69.8 Å². The van der Waals surface area contributed by atoms with Crippen molar-refractivity contribution < 1.29 is 18.0 Å². The predicted octanol–water partition coefficient (Wildman–Crippen LogP) is 2.52. The molecule has 0 unspecified atom stereocenters. The third-order valence-corrected chi connectivity index (χ3v) is 3.76. The van der Waals surface area contributed by atoms with E-state index in [0.717, 1.165) is 38.1 Å². The van der Waals surface area contributed by atoms with Crippen molar-refractivity contribution in [2.45, 2.75) is 19.0 Å². The first kappa shape index (κ1) is 14.8. The van der Waals surface area contributed by atoms with Gasteiger partial charge in [0.25, 0.3) is 0 Å². The summed E-state index contributed by atoms with van der Waals surface area (Å²) >= 11 is 0. The number of amides is 1. The van der Waals surface area contributed by atoms with Crippen molar-refractivity contribution >= 4 is 22.9 Å². The molecule has 0 saturated carbocycles. The molecule has 2 heterocycles. The van der Waals surface area contributed by atoms with Gasteiger partial charge in [0, 0.05) is 5.92 Å². The van der Waals surface area contributed by atoms with Crippen LogP contribution in [0.15, 0.2) is 18.2 Å². The van der Waals surface area contributed by atoms with E-state index in [0.29, 0.717) is 5.52 Å². The Balaban J connectivity index is 1.78. The summed E-state index contributed by atoms with van der Waals surface area (Å²) in [7, 11) is 0. The van der Waals surface area contributed by atoms with Gasteiger partial charge in [-0.2, -0.15) is 13.2 Å². The van der Waals surface area contributed by atoms with Crippen LogP contribution in [-0.2, 0) is 11.0 Å². The zero-order chi connectivity index (χ0) is 15.7. The fraction of sp³-hybridized carbons (Fsp3) is 0.429. The minimum absolute atomic E-state index is 0.0970. The van der Waals surface area contributed by atoms with Gasteiger partial charge in [-0.1, -0.05) is 0 Å². The molecule has 1 fully saturated rings. The molecule has 0 radical (unpaired) electrons. The zero-order valence-electron chi connectivity index (χ0n) is 11.6. The Labute approximate surface area is 124 Å². The van der Waals surface area contributed by atoms with E-state index in [1.807, 2.05) is 0 Å². The lowest BCUT2D eigenvalue weighted by atomic mass is 9.97. The minimum atomic E-state index is -4.40. The number of aromatic nitrogens is 2. The van der Waals surface area contributed by atoms with Crippen LogP contribution in [0.1, 0.15) is 18.4 Å². The highest BCUT2D eigenvalue weighted by molar-refractivity contribution is 5.92. The van der Waals surface area contributed by atoms with Gasteiger partial charge in [-0.3, -0.25) is 10.1 Å². The molecule has 1 aromatic heterocycles. The number of carbonyl (C=O) groups excluding carboxylic acids is 1. The molecule has 8 heteroatoms. The molecule has 0 atom stereocenters. The van der Waals surface area contributed by atoms with Gasteiger partial charge in [-0.15, -0.1) is 0 Å². The molecule has 0 aliphatic carbocycles. The van der Waals surface area contributed by atoms with Gasteiger partial charge in [0.2, 0.25) is 11.9 Å². The molecule has 118 valence electrons. The fourth-order valence-corrected chi connectivity index (χ4v) is 2.55. The van der Waals surface area contributed by atoms with Gasteiger partial charge in [0.05, 0.1) is 16.6 Å². The van der Waals surface area contributed by atoms with Crippen molar-refractivity contribution in [1.82, 2.24) is 15.3 Å². The Kier molecular flexibility index (Phi) is 3.78. The number of H-pyrrole nitrogens is 1. The van der Waals surface area contributed by atoms with Gasteiger partial charge in [0.15, 0.2) is 0 Å². The molecule has 22 heavy (non-hydrogen) atoms. The highest BCUT2D eigenvalue weighted by Crippen LogP contribution is 2.31. The molecule has 2 aromatic rings. The normalized spacial score (nSPS) is 16.9. The number of benzene rings is 1. The van der Waals surface area contributed by atoms with Crippen LogP contribution in [0.2, 0.25) is 0 Å². The van der Waals surface area contributed by atoms with Crippen LogP contribution in [0.5, 0.6) is 0 Å². The van der Waals surface area contributed by atoms with Crippen LogP contribution < -0.4 is 10.6 Å². The second kappa shape index (κ2) is 5.60. The molecule has 0 bridgehead atoms. The second-order valence-corrected chi connectivity index (χ2v) is 5.33. The number of imidazole rings is 1. The number of rotatable bonds is 2. The number of aromatic amines is 1. The van der Waals surface area contributed by atoms with E-state index in [4.69, 9.17) is 0 Å². The Morgan fingerprint density at radius 3 is 2.68 bits per heavy atom. The summed E-state index contributed by atoms with van der Waals surface area (Å²) in [4.78, 5) is 18.9. The van der Waals surface area contributed by atoms with Crippen molar-refractivity contribution in [3.63, 3.8) is 0 Å². The molecule has 3 rings (SSSR count). The van der Waals surface area contributed by atoms with Gasteiger partial charge in [-0.05, 0) is 44.1 Å². The summed E-state index contributed by atoms with van der Waals surface area (Å²) in [6, 6.07) is 3.25. The van der Waals surface area contributed by atoms with Gasteiger partial charge in [0.1, 0.15) is 0 Å². The summed E-state index contributed by atoms with van der Waals surface area (Å²) in [6.07, 6.45) is -2.92. The first-order chi connectivity index (χ1) is 10.4. The third-order valence-electron chi connectivity index (χ3n) is 3.76. The number of nitrogens with zero attached hydrogens (tertiary/aromatic N) is 1. The first-order valence-corrected chi connectivity index (χ1v) is 7.02. The SMILES string of the molecule is O=C(Nc1nc2ccc(C(F)(F)F)cc2[nH]1)C1CCNCC1. The van der Waals surface area contributed by atoms with Gasteiger partial charge < -0.3 is 10.3 Å². The van der Waals surface area contributed by atoms with E-state index >= 15 is 0 Å². The van der Waals surface area contributed by atoms with Crippen LogP contribution in [0.25, 0.3) is 11.0 Å². The lowest BCUT2D eigenvalue weighted by molar-refractivity contribution is -0.137. The summed E-state index contributed by atoms with van der Waals surface area (Å²) in [5.41, 5.74) is -0.121. The van der Waals surface area contributed by atoms with Crippen molar-refractivity contribution in [2.24, 2.45) is 5.92 Å². The van der Waals surface area contributed by atoms with E-state index < -0.39 is 11.7 Å². The monoisotopic (exact) mass is 312 g/mol. The maximum absolute atomic E-state index is 12.7. The number of nitrogens with one attached hydrogen (secondary N) is 3. The van der Waals surface area contributed by atoms with E-state index in [9.17, 15) is 18.0 Å². The van der Waals surface area contributed by atoms with Crippen molar-refractivity contribution in [3.8, 4) is 0 Å². The zero-order valence-corrected chi connectivity index (χ0v) is 11.6. The van der Waals surface area contributed by atoms with E-state index in [-0.39, 0.29) is 23.3 Å². The summed E-state index contributed by atoms with van der Waals surface area (Å²) in [5.74, 6) is -0.0744. The minimum Gasteiger partial charge on any atom is -0.324 e. The van der Waals surface area contributed by atoms with Crippen molar-refractivity contribution in [2.75, 3.05) is 18.4 Å². The number of anilines is 1. The summed E-state index contributed by atoms with van der Waals surface area (Å²) in [5, 5.41) is 5.81. The number of alkyl halides is 3. The second-order valence-electron chi connectivity index (χ2n) is 5.33. The molecule has 0 spiro atoms.